The summed E-state index contributed by atoms with van der Waals surface area (Å²) in [4.78, 5) is 10.2. The first kappa shape index (κ1) is 17.9. The smallest absolute Gasteiger partial charge is 0.191 e. The van der Waals surface area contributed by atoms with E-state index in [1.54, 1.807) is 22.7 Å². The average molecular weight is 351 g/mol. The van der Waals surface area contributed by atoms with E-state index in [0.29, 0.717) is 0 Å². The van der Waals surface area contributed by atoms with E-state index < -0.39 is 0 Å². The van der Waals surface area contributed by atoms with Gasteiger partial charge in [-0.15, -0.1) is 22.7 Å². The van der Waals surface area contributed by atoms with Crippen molar-refractivity contribution in [2.75, 3.05) is 20.1 Å². The third kappa shape index (κ3) is 5.62. The molecule has 2 rings (SSSR count). The summed E-state index contributed by atoms with van der Waals surface area (Å²) in [5.74, 6) is 0.866. The van der Waals surface area contributed by atoms with Crippen molar-refractivity contribution in [3.63, 3.8) is 0 Å². The maximum Gasteiger partial charge on any atom is 0.191 e. The van der Waals surface area contributed by atoms with Crippen LogP contribution in [0.15, 0.2) is 27.9 Å². The summed E-state index contributed by atoms with van der Waals surface area (Å²) in [6.45, 7) is 8.31. The molecule has 0 aromatic carbocycles. The maximum absolute atomic E-state index is 4.49. The van der Waals surface area contributed by atoms with Crippen LogP contribution >= 0.6 is 22.7 Å². The monoisotopic (exact) mass is 350 g/mol. The zero-order chi connectivity index (χ0) is 16.7. The van der Waals surface area contributed by atoms with E-state index in [4.69, 9.17) is 0 Å². The molecule has 4 nitrogen and oxygen atoms in total. The number of thiophene rings is 1. The lowest BCUT2D eigenvalue weighted by Gasteiger charge is -2.25. The Kier molecular flexibility index (Phi) is 6.59. The van der Waals surface area contributed by atoms with Crippen LogP contribution in [-0.2, 0) is 11.8 Å². The SMILES string of the molecule is CN=C(NCCCc1nc(C)cs1)NCC(C)(C)c1cccs1. The minimum absolute atomic E-state index is 0.101. The molecule has 2 aromatic rings. The molecule has 0 atom stereocenters. The third-order valence-corrected chi connectivity index (χ3v) is 5.90. The molecule has 0 aliphatic carbocycles. The summed E-state index contributed by atoms with van der Waals surface area (Å²) >= 11 is 3.55. The van der Waals surface area contributed by atoms with Gasteiger partial charge in [0.25, 0.3) is 0 Å². The molecule has 6 heteroatoms. The Morgan fingerprint density at radius 3 is 2.74 bits per heavy atom. The van der Waals surface area contributed by atoms with Gasteiger partial charge in [0.1, 0.15) is 0 Å². The largest absolute Gasteiger partial charge is 0.356 e. The zero-order valence-corrected chi connectivity index (χ0v) is 16.0. The van der Waals surface area contributed by atoms with Gasteiger partial charge in [-0.3, -0.25) is 4.99 Å². The molecule has 0 bridgehead atoms. The van der Waals surface area contributed by atoms with Crippen molar-refractivity contribution < 1.29 is 0 Å². The van der Waals surface area contributed by atoms with Crippen molar-refractivity contribution in [2.45, 2.75) is 39.0 Å². The maximum atomic E-state index is 4.49. The molecule has 2 aromatic heterocycles. The predicted octanol–water partition coefficient (Wildman–Crippen LogP) is 3.59. The van der Waals surface area contributed by atoms with Gasteiger partial charge in [-0.05, 0) is 24.8 Å². The second-order valence-corrected chi connectivity index (χ2v) is 8.09. The van der Waals surface area contributed by atoms with Crippen molar-refractivity contribution in [3.8, 4) is 0 Å². The first-order valence-electron chi connectivity index (χ1n) is 7.91. The third-order valence-electron chi connectivity index (χ3n) is 3.64. The van der Waals surface area contributed by atoms with Crippen LogP contribution in [0.3, 0.4) is 0 Å². The van der Waals surface area contributed by atoms with Gasteiger partial charge in [-0.25, -0.2) is 4.98 Å². The average Bonchev–Trinajstić information content (AvgIpc) is 3.18. The van der Waals surface area contributed by atoms with Gasteiger partial charge in [0.15, 0.2) is 5.96 Å². The molecule has 0 aliphatic heterocycles. The summed E-state index contributed by atoms with van der Waals surface area (Å²) in [6, 6.07) is 4.30. The molecule has 0 saturated heterocycles. The van der Waals surface area contributed by atoms with E-state index in [9.17, 15) is 0 Å². The second kappa shape index (κ2) is 8.45. The van der Waals surface area contributed by atoms with Crippen LogP contribution < -0.4 is 10.6 Å². The van der Waals surface area contributed by atoms with Crippen LogP contribution in [-0.4, -0.2) is 31.1 Å². The molecule has 0 spiro atoms. The molecule has 0 saturated carbocycles. The van der Waals surface area contributed by atoms with Gasteiger partial charge in [0, 0.05) is 47.9 Å². The standard InChI is InChI=1S/C17H26N4S2/c1-13-11-23-15(21-13)8-5-9-19-16(18-4)20-12-17(2,3)14-7-6-10-22-14/h6-7,10-11H,5,8-9,12H2,1-4H3,(H2,18,19,20). The lowest BCUT2D eigenvalue weighted by Crippen LogP contribution is -2.43. The molecule has 0 fully saturated rings. The summed E-state index contributed by atoms with van der Waals surface area (Å²) in [5, 5.41) is 12.3. The van der Waals surface area contributed by atoms with E-state index in [1.165, 1.54) is 9.88 Å². The van der Waals surface area contributed by atoms with Gasteiger partial charge >= 0.3 is 0 Å². The highest BCUT2D eigenvalue weighted by Gasteiger charge is 2.21. The number of aliphatic imine (C=N–C) groups is 1. The Labute approximate surface area is 147 Å². The predicted molar refractivity (Wildman–Crippen MR) is 102 cm³/mol. The highest BCUT2D eigenvalue weighted by atomic mass is 32.1. The van der Waals surface area contributed by atoms with Gasteiger partial charge in [0.05, 0.1) is 5.01 Å². The molecule has 0 amide bonds. The van der Waals surface area contributed by atoms with Crippen molar-refractivity contribution in [2.24, 2.45) is 4.99 Å². The molecule has 23 heavy (non-hydrogen) atoms. The zero-order valence-electron chi connectivity index (χ0n) is 14.3. The van der Waals surface area contributed by atoms with Crippen molar-refractivity contribution in [1.29, 1.82) is 0 Å². The quantitative estimate of drug-likeness (QED) is 0.456. The first-order valence-corrected chi connectivity index (χ1v) is 9.67. The fourth-order valence-corrected chi connectivity index (χ4v) is 3.91. The molecule has 2 N–H and O–H groups in total. The molecule has 2 heterocycles. The Hall–Kier alpha value is -1.40. The minimum Gasteiger partial charge on any atom is -0.356 e. The molecule has 0 unspecified atom stereocenters. The van der Waals surface area contributed by atoms with E-state index in [1.807, 2.05) is 14.0 Å². The minimum atomic E-state index is 0.101. The van der Waals surface area contributed by atoms with Crippen molar-refractivity contribution in [3.05, 3.63) is 38.5 Å². The number of hydrogen-bond acceptors (Lipinski definition) is 4. The van der Waals surface area contributed by atoms with Crippen molar-refractivity contribution >= 4 is 28.6 Å². The number of nitrogens with one attached hydrogen (secondary N) is 2. The van der Waals surface area contributed by atoms with Crippen LogP contribution in [0.4, 0.5) is 0 Å². The van der Waals surface area contributed by atoms with E-state index >= 15 is 0 Å². The number of aryl methyl sites for hydroxylation is 2. The topological polar surface area (TPSA) is 49.3 Å². The Morgan fingerprint density at radius 1 is 1.30 bits per heavy atom. The number of aromatic nitrogens is 1. The fraction of sp³-hybridized carbons (Fsp3) is 0.529. The summed E-state index contributed by atoms with van der Waals surface area (Å²) in [5.41, 5.74) is 1.22. The van der Waals surface area contributed by atoms with Gasteiger partial charge in [0.2, 0.25) is 0 Å². The van der Waals surface area contributed by atoms with Crippen molar-refractivity contribution in [1.82, 2.24) is 15.6 Å². The lowest BCUT2D eigenvalue weighted by molar-refractivity contribution is 0.518. The van der Waals surface area contributed by atoms with Gasteiger partial charge < -0.3 is 10.6 Å². The second-order valence-electron chi connectivity index (χ2n) is 6.20. The Balaban J connectivity index is 1.71. The van der Waals surface area contributed by atoms with Gasteiger partial charge in [-0.2, -0.15) is 0 Å². The highest BCUT2D eigenvalue weighted by Crippen LogP contribution is 2.26. The highest BCUT2D eigenvalue weighted by molar-refractivity contribution is 7.10. The molecule has 0 aliphatic rings. The van der Waals surface area contributed by atoms with Crippen LogP contribution in [0, 0.1) is 6.92 Å². The van der Waals surface area contributed by atoms with Crippen LogP contribution in [0.5, 0.6) is 0 Å². The fourth-order valence-electron chi connectivity index (χ4n) is 2.24. The van der Waals surface area contributed by atoms with Crippen LogP contribution in [0.25, 0.3) is 0 Å². The van der Waals surface area contributed by atoms with E-state index in [0.717, 1.165) is 37.6 Å². The summed E-state index contributed by atoms with van der Waals surface area (Å²) in [7, 11) is 1.82. The van der Waals surface area contributed by atoms with Crippen LogP contribution in [0.2, 0.25) is 0 Å². The normalized spacial score (nSPS) is 12.4. The number of hydrogen-bond donors (Lipinski definition) is 2. The Bertz CT molecular complexity index is 614. The number of nitrogens with zero attached hydrogens (tertiary/aromatic N) is 2. The molecule has 0 radical (unpaired) electrons. The molecular formula is C17H26N4S2. The molecule has 126 valence electrons. The van der Waals surface area contributed by atoms with E-state index in [2.05, 4.69) is 57.4 Å². The summed E-state index contributed by atoms with van der Waals surface area (Å²) < 4.78 is 0. The number of guanidine groups is 1. The number of thiazole rings is 1. The summed E-state index contributed by atoms with van der Waals surface area (Å²) in [6.07, 6.45) is 2.07. The van der Waals surface area contributed by atoms with Crippen LogP contribution in [0.1, 0.15) is 35.8 Å². The number of rotatable bonds is 7. The Morgan fingerprint density at radius 2 is 2.13 bits per heavy atom. The van der Waals surface area contributed by atoms with Gasteiger partial charge in [-0.1, -0.05) is 19.9 Å². The lowest BCUT2D eigenvalue weighted by atomic mass is 9.91. The van der Waals surface area contributed by atoms with E-state index in [-0.39, 0.29) is 5.41 Å². The first-order chi connectivity index (χ1) is 11.0. The molecular weight excluding hydrogens is 324 g/mol.